The Hall–Kier alpha value is -1.42. The Bertz CT molecular complexity index is 409. The standard InChI is InChI=1S/C11H12ClFN2O/c1-3-4-10(15-7(2)16)9-5-8(13)6-14-11(9)12/h3,5-6,10H,1,4H2,2H3,(H,15,16). The molecule has 0 saturated carbocycles. The van der Waals surface area contributed by atoms with E-state index >= 15 is 0 Å². The molecular formula is C11H12ClFN2O. The van der Waals surface area contributed by atoms with Crippen molar-refractivity contribution in [3.05, 3.63) is 41.5 Å². The van der Waals surface area contributed by atoms with Crippen molar-refractivity contribution in [3.8, 4) is 0 Å². The number of amides is 1. The van der Waals surface area contributed by atoms with Gasteiger partial charge in [-0.05, 0) is 12.5 Å². The molecule has 1 N–H and O–H groups in total. The molecule has 1 aromatic rings. The molecule has 0 fully saturated rings. The molecule has 0 aromatic carbocycles. The Morgan fingerprint density at radius 2 is 2.50 bits per heavy atom. The number of carbonyl (C=O) groups excluding carboxylic acids is 1. The second-order valence-corrected chi connectivity index (χ2v) is 3.67. The summed E-state index contributed by atoms with van der Waals surface area (Å²) in [7, 11) is 0. The molecular weight excluding hydrogens is 231 g/mol. The molecule has 1 unspecified atom stereocenters. The molecule has 0 aliphatic heterocycles. The fourth-order valence-electron chi connectivity index (χ4n) is 1.36. The molecule has 16 heavy (non-hydrogen) atoms. The summed E-state index contributed by atoms with van der Waals surface area (Å²) in [6.45, 7) is 4.96. The Balaban J connectivity index is 3.03. The summed E-state index contributed by atoms with van der Waals surface area (Å²) in [5.74, 6) is -0.703. The summed E-state index contributed by atoms with van der Waals surface area (Å²) < 4.78 is 13.0. The first kappa shape index (κ1) is 12.6. The average Bonchev–Trinajstić information content (AvgIpc) is 2.20. The molecule has 0 saturated heterocycles. The van der Waals surface area contributed by atoms with Crippen LogP contribution < -0.4 is 5.32 Å². The van der Waals surface area contributed by atoms with E-state index in [4.69, 9.17) is 11.6 Å². The summed E-state index contributed by atoms with van der Waals surface area (Å²) in [6.07, 6.45) is 3.12. The van der Waals surface area contributed by atoms with E-state index in [9.17, 15) is 9.18 Å². The average molecular weight is 243 g/mol. The summed E-state index contributed by atoms with van der Waals surface area (Å²) in [6, 6.07) is 0.866. The maximum absolute atomic E-state index is 13.0. The van der Waals surface area contributed by atoms with E-state index in [2.05, 4.69) is 16.9 Å². The van der Waals surface area contributed by atoms with Gasteiger partial charge in [0.15, 0.2) is 0 Å². The van der Waals surface area contributed by atoms with Crippen molar-refractivity contribution < 1.29 is 9.18 Å². The minimum atomic E-state index is -0.487. The Morgan fingerprint density at radius 1 is 1.81 bits per heavy atom. The van der Waals surface area contributed by atoms with E-state index in [0.717, 1.165) is 6.20 Å². The van der Waals surface area contributed by atoms with Gasteiger partial charge in [0.25, 0.3) is 0 Å². The molecule has 0 aliphatic carbocycles. The molecule has 0 aliphatic rings. The van der Waals surface area contributed by atoms with Crippen LogP contribution in [0.3, 0.4) is 0 Å². The number of halogens is 2. The van der Waals surface area contributed by atoms with Crippen LogP contribution in [0, 0.1) is 5.82 Å². The van der Waals surface area contributed by atoms with E-state index in [1.807, 2.05) is 0 Å². The van der Waals surface area contributed by atoms with Crippen LogP contribution in [0.25, 0.3) is 0 Å². The van der Waals surface area contributed by atoms with Crippen LogP contribution in [-0.2, 0) is 4.79 Å². The lowest BCUT2D eigenvalue weighted by Crippen LogP contribution is -2.26. The van der Waals surface area contributed by atoms with Gasteiger partial charge < -0.3 is 5.32 Å². The van der Waals surface area contributed by atoms with Gasteiger partial charge in [0, 0.05) is 12.5 Å². The smallest absolute Gasteiger partial charge is 0.217 e. The fraction of sp³-hybridized carbons (Fsp3) is 0.273. The predicted molar refractivity (Wildman–Crippen MR) is 60.6 cm³/mol. The molecule has 1 rings (SSSR count). The molecule has 1 amide bonds. The molecule has 0 radical (unpaired) electrons. The topological polar surface area (TPSA) is 42.0 Å². The van der Waals surface area contributed by atoms with Crippen LogP contribution in [0.1, 0.15) is 24.9 Å². The lowest BCUT2D eigenvalue weighted by atomic mass is 10.1. The molecule has 1 heterocycles. The third-order valence-corrected chi connectivity index (χ3v) is 2.30. The van der Waals surface area contributed by atoms with Crippen molar-refractivity contribution in [2.75, 3.05) is 0 Å². The fourth-order valence-corrected chi connectivity index (χ4v) is 1.59. The molecule has 5 heteroatoms. The lowest BCUT2D eigenvalue weighted by Gasteiger charge is -2.17. The zero-order chi connectivity index (χ0) is 12.1. The third kappa shape index (κ3) is 3.31. The molecule has 1 aromatic heterocycles. The highest BCUT2D eigenvalue weighted by Crippen LogP contribution is 2.24. The second kappa shape index (κ2) is 5.61. The summed E-state index contributed by atoms with van der Waals surface area (Å²) in [5.41, 5.74) is 0.455. The van der Waals surface area contributed by atoms with Crippen LogP contribution in [0.4, 0.5) is 4.39 Å². The van der Waals surface area contributed by atoms with Gasteiger partial charge in [-0.3, -0.25) is 4.79 Å². The number of nitrogens with one attached hydrogen (secondary N) is 1. The van der Waals surface area contributed by atoms with E-state index < -0.39 is 11.9 Å². The van der Waals surface area contributed by atoms with Crippen LogP contribution in [0.15, 0.2) is 24.9 Å². The zero-order valence-electron chi connectivity index (χ0n) is 8.84. The maximum atomic E-state index is 13.0. The minimum absolute atomic E-state index is 0.182. The normalized spacial score (nSPS) is 11.9. The van der Waals surface area contributed by atoms with Crippen molar-refractivity contribution in [2.45, 2.75) is 19.4 Å². The third-order valence-electron chi connectivity index (χ3n) is 1.99. The van der Waals surface area contributed by atoms with Crippen LogP contribution in [0.5, 0.6) is 0 Å². The van der Waals surface area contributed by atoms with Crippen LogP contribution in [-0.4, -0.2) is 10.9 Å². The van der Waals surface area contributed by atoms with E-state index in [0.29, 0.717) is 12.0 Å². The van der Waals surface area contributed by atoms with Crippen molar-refractivity contribution in [1.82, 2.24) is 10.3 Å². The highest BCUT2D eigenvalue weighted by atomic mass is 35.5. The SMILES string of the molecule is C=CCC(NC(C)=O)c1cc(F)cnc1Cl. The molecule has 3 nitrogen and oxygen atoms in total. The maximum Gasteiger partial charge on any atom is 0.217 e. The summed E-state index contributed by atoms with van der Waals surface area (Å²) in [4.78, 5) is 14.7. The minimum Gasteiger partial charge on any atom is -0.349 e. The summed E-state index contributed by atoms with van der Waals surface area (Å²) >= 11 is 5.85. The number of nitrogens with zero attached hydrogens (tertiary/aromatic N) is 1. The Morgan fingerprint density at radius 3 is 3.06 bits per heavy atom. The largest absolute Gasteiger partial charge is 0.349 e. The first-order valence-corrected chi connectivity index (χ1v) is 5.11. The lowest BCUT2D eigenvalue weighted by molar-refractivity contribution is -0.119. The zero-order valence-corrected chi connectivity index (χ0v) is 9.59. The molecule has 0 bridgehead atoms. The predicted octanol–water partition coefficient (Wildman–Crippen LogP) is 2.63. The van der Waals surface area contributed by atoms with E-state index in [-0.39, 0.29) is 11.1 Å². The van der Waals surface area contributed by atoms with Crippen molar-refractivity contribution in [2.24, 2.45) is 0 Å². The molecule has 86 valence electrons. The van der Waals surface area contributed by atoms with E-state index in [1.165, 1.54) is 13.0 Å². The van der Waals surface area contributed by atoms with Crippen molar-refractivity contribution in [3.63, 3.8) is 0 Å². The van der Waals surface area contributed by atoms with Crippen molar-refractivity contribution in [1.29, 1.82) is 0 Å². The molecule has 1 atom stereocenters. The van der Waals surface area contributed by atoms with Gasteiger partial charge in [-0.2, -0.15) is 0 Å². The first-order chi connectivity index (χ1) is 7.54. The number of aromatic nitrogens is 1. The van der Waals surface area contributed by atoms with Crippen molar-refractivity contribution >= 4 is 17.5 Å². The van der Waals surface area contributed by atoms with Gasteiger partial charge in [-0.25, -0.2) is 9.37 Å². The highest BCUT2D eigenvalue weighted by Gasteiger charge is 2.16. The van der Waals surface area contributed by atoms with Gasteiger partial charge in [-0.15, -0.1) is 6.58 Å². The van der Waals surface area contributed by atoms with Crippen LogP contribution in [0.2, 0.25) is 5.15 Å². The Labute approximate surface area is 98.3 Å². The van der Waals surface area contributed by atoms with E-state index in [1.54, 1.807) is 6.08 Å². The molecule has 0 spiro atoms. The first-order valence-electron chi connectivity index (χ1n) is 4.73. The quantitative estimate of drug-likeness (QED) is 0.652. The number of carbonyl (C=O) groups is 1. The van der Waals surface area contributed by atoms with Gasteiger partial charge >= 0.3 is 0 Å². The summed E-state index contributed by atoms with van der Waals surface area (Å²) in [5, 5.41) is 2.85. The number of hydrogen-bond donors (Lipinski definition) is 1. The number of pyridine rings is 1. The van der Waals surface area contributed by atoms with Gasteiger partial charge in [0.1, 0.15) is 11.0 Å². The van der Waals surface area contributed by atoms with Gasteiger partial charge in [0.2, 0.25) is 5.91 Å². The second-order valence-electron chi connectivity index (χ2n) is 3.31. The highest BCUT2D eigenvalue weighted by molar-refractivity contribution is 6.30. The number of rotatable bonds is 4. The monoisotopic (exact) mass is 242 g/mol. The Kier molecular flexibility index (Phi) is 4.43. The van der Waals surface area contributed by atoms with Gasteiger partial charge in [0.05, 0.1) is 12.2 Å². The van der Waals surface area contributed by atoms with Crippen LogP contribution >= 0.6 is 11.6 Å². The van der Waals surface area contributed by atoms with Gasteiger partial charge in [-0.1, -0.05) is 17.7 Å². The number of hydrogen-bond acceptors (Lipinski definition) is 2.